The number of carbonyl (C=O) groups excluding carboxylic acids is 1. The van der Waals surface area contributed by atoms with Crippen LogP contribution in [0.5, 0.6) is 11.5 Å². The molecule has 1 aliphatic rings. The number of nitrogens with one attached hydrogen (secondary N) is 1. The predicted octanol–water partition coefficient (Wildman–Crippen LogP) is 6.20. The fourth-order valence-electron chi connectivity index (χ4n) is 5.19. The number of nitrogens with zero attached hydrogens (tertiary/aromatic N) is 5. The molecule has 2 aromatic carbocycles. The number of hydrogen-bond donors (Lipinski definition) is 1. The number of rotatable bonds is 9. The van der Waals surface area contributed by atoms with Crippen LogP contribution < -0.4 is 10.1 Å². The van der Waals surface area contributed by atoms with E-state index in [9.17, 15) is 4.79 Å². The molecule has 41 heavy (non-hydrogen) atoms. The number of pyridine rings is 1. The summed E-state index contributed by atoms with van der Waals surface area (Å²) in [4.78, 5) is 26.6. The summed E-state index contributed by atoms with van der Waals surface area (Å²) in [6.07, 6.45) is 1.98. The summed E-state index contributed by atoms with van der Waals surface area (Å²) in [6.45, 7) is 14.0. The number of halogens is 1. The second kappa shape index (κ2) is 12.2. The first-order chi connectivity index (χ1) is 19.6. The molecule has 0 aliphatic carbocycles. The molecule has 0 saturated carbocycles. The van der Waals surface area contributed by atoms with Crippen LogP contribution in [0, 0.1) is 0 Å². The summed E-state index contributed by atoms with van der Waals surface area (Å²) in [5, 5.41) is 4.19. The number of piperazine rings is 1. The zero-order valence-corrected chi connectivity index (χ0v) is 25.3. The van der Waals surface area contributed by atoms with Gasteiger partial charge >= 0.3 is 0 Å². The molecule has 5 rings (SSSR count). The highest BCUT2D eigenvalue weighted by Gasteiger charge is 2.20. The average Bonchev–Trinajstić information content (AvgIpc) is 3.23. The van der Waals surface area contributed by atoms with Crippen LogP contribution in [0.4, 0.5) is 11.6 Å². The molecule has 0 bridgehead atoms. The first-order valence-corrected chi connectivity index (χ1v) is 14.6. The van der Waals surface area contributed by atoms with Crippen molar-refractivity contribution in [3.05, 3.63) is 71.0 Å². The first kappa shape index (κ1) is 29.0. The third-order valence-electron chi connectivity index (χ3n) is 7.60. The Hall–Kier alpha value is -3.46. The Bertz CT molecular complexity index is 1540. The molecule has 1 saturated heterocycles. The van der Waals surface area contributed by atoms with E-state index in [0.717, 1.165) is 66.0 Å². The SMILES string of the molecule is CCN1CCN(CC(=O)Cc2cc(Oc3ccc4c(c3)nc(Nc3ccc(Cl)c(C(C)(C)C)c3)n4C)ccn2)CC1. The van der Waals surface area contributed by atoms with Crippen molar-refractivity contribution in [1.82, 2.24) is 24.3 Å². The summed E-state index contributed by atoms with van der Waals surface area (Å²) >= 11 is 6.46. The van der Waals surface area contributed by atoms with Crippen molar-refractivity contribution in [3.8, 4) is 11.5 Å². The molecule has 0 atom stereocenters. The molecule has 4 aromatic rings. The van der Waals surface area contributed by atoms with Crippen LogP contribution in [0.2, 0.25) is 5.02 Å². The number of hydrogen-bond acceptors (Lipinski definition) is 7. The van der Waals surface area contributed by atoms with Crippen LogP contribution in [0.1, 0.15) is 39.0 Å². The Morgan fingerprint density at radius 1 is 1.00 bits per heavy atom. The minimum atomic E-state index is -0.0717. The number of ketones is 1. The highest BCUT2D eigenvalue weighted by Crippen LogP contribution is 2.33. The minimum Gasteiger partial charge on any atom is -0.457 e. The summed E-state index contributed by atoms with van der Waals surface area (Å²) < 4.78 is 8.18. The second-order valence-electron chi connectivity index (χ2n) is 11.7. The van der Waals surface area contributed by atoms with E-state index >= 15 is 0 Å². The maximum atomic E-state index is 12.7. The lowest BCUT2D eigenvalue weighted by atomic mass is 9.87. The number of imidazole rings is 1. The average molecular weight is 575 g/mol. The number of likely N-dealkylation sites (N-methyl/N-ethyl adjacent to an activating group) is 1. The van der Waals surface area contributed by atoms with E-state index in [-0.39, 0.29) is 11.2 Å². The number of aromatic nitrogens is 3. The lowest BCUT2D eigenvalue weighted by molar-refractivity contribution is -0.120. The Morgan fingerprint density at radius 2 is 1.73 bits per heavy atom. The Morgan fingerprint density at radius 3 is 2.46 bits per heavy atom. The molecular formula is C32H39ClN6O2. The summed E-state index contributed by atoms with van der Waals surface area (Å²) in [6, 6.07) is 15.5. The van der Waals surface area contributed by atoms with E-state index in [1.165, 1.54) is 0 Å². The van der Waals surface area contributed by atoms with Crippen molar-refractivity contribution in [2.45, 2.75) is 39.5 Å². The normalized spacial score (nSPS) is 14.9. The smallest absolute Gasteiger partial charge is 0.208 e. The maximum absolute atomic E-state index is 12.7. The number of benzene rings is 2. The molecule has 3 heterocycles. The van der Waals surface area contributed by atoms with Gasteiger partial charge in [0.1, 0.15) is 11.5 Å². The molecule has 9 heteroatoms. The van der Waals surface area contributed by atoms with Gasteiger partial charge in [-0.3, -0.25) is 14.7 Å². The molecular weight excluding hydrogens is 536 g/mol. The highest BCUT2D eigenvalue weighted by atomic mass is 35.5. The molecule has 0 spiro atoms. The molecule has 216 valence electrons. The van der Waals surface area contributed by atoms with Gasteiger partial charge in [0.25, 0.3) is 0 Å². The molecule has 1 aliphatic heterocycles. The number of carbonyl (C=O) groups is 1. The topological polar surface area (TPSA) is 75.5 Å². The van der Waals surface area contributed by atoms with Crippen molar-refractivity contribution >= 4 is 40.1 Å². The van der Waals surface area contributed by atoms with E-state index in [4.69, 9.17) is 21.3 Å². The van der Waals surface area contributed by atoms with Crippen molar-refractivity contribution in [2.24, 2.45) is 7.05 Å². The minimum absolute atomic E-state index is 0.0717. The predicted molar refractivity (Wildman–Crippen MR) is 166 cm³/mol. The lowest BCUT2D eigenvalue weighted by Gasteiger charge is -2.33. The van der Waals surface area contributed by atoms with Gasteiger partial charge in [0.2, 0.25) is 5.95 Å². The summed E-state index contributed by atoms with van der Waals surface area (Å²) in [5.41, 5.74) is 4.43. The van der Waals surface area contributed by atoms with Gasteiger partial charge in [-0.15, -0.1) is 0 Å². The van der Waals surface area contributed by atoms with Gasteiger partial charge in [-0.2, -0.15) is 0 Å². The zero-order valence-electron chi connectivity index (χ0n) is 24.6. The zero-order chi connectivity index (χ0) is 29.1. The third kappa shape index (κ3) is 7.07. The molecule has 1 fully saturated rings. The third-order valence-corrected chi connectivity index (χ3v) is 7.93. The number of ether oxygens (including phenoxy) is 1. The maximum Gasteiger partial charge on any atom is 0.208 e. The van der Waals surface area contributed by atoms with Crippen molar-refractivity contribution in [1.29, 1.82) is 0 Å². The largest absolute Gasteiger partial charge is 0.457 e. The van der Waals surface area contributed by atoms with E-state index < -0.39 is 0 Å². The van der Waals surface area contributed by atoms with Crippen molar-refractivity contribution in [2.75, 3.05) is 44.6 Å². The van der Waals surface area contributed by atoms with Crippen LogP contribution in [0.25, 0.3) is 11.0 Å². The standard InChI is InChI=1S/C32H39ClN6O2/c1-6-38-13-15-39(16-14-38)21-24(40)17-23-18-26(11-12-34-23)41-25-8-10-30-29(20-25)36-31(37(30)5)35-22-7-9-28(33)27(19-22)32(2,3)4/h7-12,18-20H,6,13-17,21H2,1-5H3,(H,35,36). The molecule has 0 radical (unpaired) electrons. The van der Waals surface area contributed by atoms with Gasteiger partial charge in [-0.05, 0) is 53.9 Å². The monoisotopic (exact) mass is 574 g/mol. The van der Waals surface area contributed by atoms with Crippen LogP contribution >= 0.6 is 11.6 Å². The molecule has 1 N–H and O–H groups in total. The van der Waals surface area contributed by atoms with Gasteiger partial charge in [-0.25, -0.2) is 4.98 Å². The molecule has 0 amide bonds. The Kier molecular flexibility index (Phi) is 8.63. The number of fused-ring (bicyclic) bond motifs is 1. The number of anilines is 2. The first-order valence-electron chi connectivity index (χ1n) is 14.2. The number of Topliss-reactive ketones (excluding diaryl/α,β-unsaturated/α-hetero) is 1. The molecule has 2 aromatic heterocycles. The van der Waals surface area contributed by atoms with Gasteiger partial charge in [-0.1, -0.05) is 39.3 Å². The van der Waals surface area contributed by atoms with Gasteiger partial charge in [0, 0.05) is 62.3 Å². The fraction of sp³-hybridized carbons (Fsp3) is 0.406. The fourth-order valence-corrected chi connectivity index (χ4v) is 5.59. The van der Waals surface area contributed by atoms with Gasteiger partial charge in [0.05, 0.1) is 29.7 Å². The summed E-state index contributed by atoms with van der Waals surface area (Å²) in [5.74, 6) is 2.20. The van der Waals surface area contributed by atoms with E-state index in [1.54, 1.807) is 12.3 Å². The van der Waals surface area contributed by atoms with Gasteiger partial charge in [0.15, 0.2) is 5.78 Å². The van der Waals surface area contributed by atoms with E-state index in [1.807, 2.05) is 48.0 Å². The van der Waals surface area contributed by atoms with Crippen LogP contribution in [-0.4, -0.2) is 69.4 Å². The van der Waals surface area contributed by atoms with E-state index in [2.05, 4.69) is 53.9 Å². The lowest BCUT2D eigenvalue weighted by Crippen LogP contribution is -2.47. The Balaban J connectivity index is 1.25. The van der Waals surface area contributed by atoms with E-state index in [0.29, 0.717) is 30.2 Å². The number of aryl methyl sites for hydroxylation is 1. The second-order valence-corrected chi connectivity index (χ2v) is 12.1. The molecule has 0 unspecified atom stereocenters. The van der Waals surface area contributed by atoms with Crippen LogP contribution in [-0.2, 0) is 23.7 Å². The Labute approximate surface area is 247 Å². The van der Waals surface area contributed by atoms with Crippen molar-refractivity contribution in [3.63, 3.8) is 0 Å². The van der Waals surface area contributed by atoms with Crippen LogP contribution in [0.15, 0.2) is 54.7 Å². The summed E-state index contributed by atoms with van der Waals surface area (Å²) in [7, 11) is 1.98. The molecule has 8 nitrogen and oxygen atoms in total. The quantitative estimate of drug-likeness (QED) is 0.255. The highest BCUT2D eigenvalue weighted by molar-refractivity contribution is 6.31. The van der Waals surface area contributed by atoms with Gasteiger partial charge < -0.3 is 19.5 Å². The van der Waals surface area contributed by atoms with Crippen molar-refractivity contribution < 1.29 is 9.53 Å². The van der Waals surface area contributed by atoms with Crippen LogP contribution in [0.3, 0.4) is 0 Å².